The summed E-state index contributed by atoms with van der Waals surface area (Å²) < 4.78 is 6.67. The number of ether oxygens (including phenoxy) is 1. The highest BCUT2D eigenvalue weighted by Crippen LogP contribution is 2.32. The van der Waals surface area contributed by atoms with Crippen molar-refractivity contribution in [2.45, 2.75) is 47.0 Å². The molecule has 8 heteroatoms. The Morgan fingerprint density at radius 1 is 0.969 bits per heavy atom. The van der Waals surface area contributed by atoms with Crippen molar-refractivity contribution in [2.24, 2.45) is 5.92 Å². The van der Waals surface area contributed by atoms with E-state index >= 15 is 0 Å². The van der Waals surface area contributed by atoms with E-state index in [1.807, 2.05) is 46.8 Å². The summed E-state index contributed by atoms with van der Waals surface area (Å²) in [7, 11) is 0. The van der Waals surface area contributed by atoms with Gasteiger partial charge in [-0.2, -0.15) is 0 Å². The second-order valence-corrected chi connectivity index (χ2v) is 9.16. The van der Waals surface area contributed by atoms with Crippen molar-refractivity contribution in [3.8, 4) is 5.75 Å². The van der Waals surface area contributed by atoms with Crippen LogP contribution in [0.3, 0.4) is 0 Å². The number of amides is 3. The molecule has 3 N–H and O–H groups in total. The summed E-state index contributed by atoms with van der Waals surface area (Å²) in [6.45, 7) is 9.74. The average molecular weight is 504 g/mol. The molecule has 0 saturated carbocycles. The van der Waals surface area contributed by atoms with Gasteiger partial charge in [-0.3, -0.25) is 25.2 Å². The highest BCUT2D eigenvalue weighted by molar-refractivity contribution is 9.10. The first-order chi connectivity index (χ1) is 15.1. The van der Waals surface area contributed by atoms with Gasteiger partial charge >= 0.3 is 0 Å². The largest absolute Gasteiger partial charge is 0.483 e. The smallest absolute Gasteiger partial charge is 0.276 e. The fourth-order valence-electron chi connectivity index (χ4n) is 2.91. The lowest BCUT2D eigenvalue weighted by molar-refractivity contribution is -0.123. The topological polar surface area (TPSA) is 96.5 Å². The number of hydrogen-bond donors (Lipinski definition) is 3. The molecule has 3 amide bonds. The third kappa shape index (κ3) is 7.67. The molecule has 172 valence electrons. The number of halogens is 1. The van der Waals surface area contributed by atoms with Crippen molar-refractivity contribution >= 4 is 39.3 Å². The number of benzene rings is 2. The number of anilines is 1. The van der Waals surface area contributed by atoms with Crippen LogP contribution >= 0.6 is 15.9 Å². The Bertz CT molecular complexity index is 972. The maximum absolute atomic E-state index is 12.3. The van der Waals surface area contributed by atoms with Crippen molar-refractivity contribution in [2.75, 3.05) is 11.9 Å². The summed E-state index contributed by atoms with van der Waals surface area (Å²) in [6, 6.07) is 10.3. The Morgan fingerprint density at radius 3 is 2.22 bits per heavy atom. The monoisotopic (exact) mass is 503 g/mol. The zero-order chi connectivity index (χ0) is 23.8. The third-order valence-electron chi connectivity index (χ3n) is 4.61. The Morgan fingerprint density at radius 2 is 1.62 bits per heavy atom. The summed E-state index contributed by atoms with van der Waals surface area (Å²) in [4.78, 5) is 36.2. The minimum Gasteiger partial charge on any atom is -0.483 e. The molecule has 0 spiro atoms. The van der Waals surface area contributed by atoms with Gasteiger partial charge in [0.1, 0.15) is 5.75 Å². The first-order valence-corrected chi connectivity index (χ1v) is 11.3. The van der Waals surface area contributed by atoms with Crippen LogP contribution in [-0.4, -0.2) is 24.3 Å². The number of rotatable bonds is 8. The summed E-state index contributed by atoms with van der Waals surface area (Å²) in [5.74, 6) is 0.0930. The average Bonchev–Trinajstić information content (AvgIpc) is 2.72. The summed E-state index contributed by atoms with van der Waals surface area (Å²) >= 11 is 3.51. The van der Waals surface area contributed by atoms with Gasteiger partial charge in [-0.1, -0.05) is 43.6 Å². The highest BCUT2D eigenvalue weighted by Gasteiger charge is 2.13. The fourth-order valence-corrected chi connectivity index (χ4v) is 3.27. The van der Waals surface area contributed by atoms with Crippen molar-refractivity contribution in [1.82, 2.24) is 10.9 Å². The molecule has 0 bridgehead atoms. The van der Waals surface area contributed by atoms with Gasteiger partial charge < -0.3 is 10.1 Å². The molecule has 0 fully saturated rings. The minimum absolute atomic E-state index is 0.0777. The minimum atomic E-state index is -0.480. The number of aryl methyl sites for hydroxylation is 1. The van der Waals surface area contributed by atoms with Crippen molar-refractivity contribution < 1.29 is 19.1 Å². The Balaban J connectivity index is 1.86. The lowest BCUT2D eigenvalue weighted by Crippen LogP contribution is -2.43. The van der Waals surface area contributed by atoms with E-state index in [9.17, 15) is 14.4 Å². The number of nitrogens with one attached hydrogen (secondary N) is 3. The summed E-state index contributed by atoms with van der Waals surface area (Å²) in [6.07, 6.45) is 0.425. The van der Waals surface area contributed by atoms with Crippen LogP contribution in [0.2, 0.25) is 0 Å². The van der Waals surface area contributed by atoms with E-state index < -0.39 is 11.8 Å². The molecule has 2 aromatic rings. The molecule has 7 nitrogen and oxygen atoms in total. The molecular formula is C24H30BrN3O4. The molecule has 0 aliphatic rings. The van der Waals surface area contributed by atoms with Crippen molar-refractivity contribution in [1.29, 1.82) is 0 Å². The van der Waals surface area contributed by atoms with Gasteiger partial charge in [0.15, 0.2) is 6.61 Å². The second kappa shape index (κ2) is 11.7. The standard InChI is InChI=1S/C24H30BrN3O4/c1-14(2)10-22(29)26-18-8-6-17(7-9-18)24(31)28-27-23(30)13-32-21-11-16(5)20(25)12-19(21)15(3)4/h6-9,11-12,14-15H,10,13H2,1-5H3,(H,26,29)(H,27,30)(H,28,31). The molecule has 0 aliphatic carbocycles. The molecular weight excluding hydrogens is 474 g/mol. The molecule has 0 atom stereocenters. The lowest BCUT2D eigenvalue weighted by atomic mass is 10.0. The molecule has 0 unspecified atom stereocenters. The van der Waals surface area contributed by atoms with Crippen LogP contribution in [0.25, 0.3) is 0 Å². The number of hydrazine groups is 1. The quantitative estimate of drug-likeness (QED) is 0.454. The number of hydrogen-bond acceptors (Lipinski definition) is 4. The van der Waals surface area contributed by atoms with E-state index in [1.54, 1.807) is 24.3 Å². The third-order valence-corrected chi connectivity index (χ3v) is 5.47. The molecule has 0 heterocycles. The SMILES string of the molecule is Cc1cc(OCC(=O)NNC(=O)c2ccc(NC(=O)CC(C)C)cc2)c(C(C)C)cc1Br. The predicted molar refractivity (Wildman–Crippen MR) is 129 cm³/mol. The van der Waals surface area contributed by atoms with Gasteiger partial charge in [0.05, 0.1) is 0 Å². The second-order valence-electron chi connectivity index (χ2n) is 8.31. The normalized spacial score (nSPS) is 10.8. The fraction of sp³-hybridized carbons (Fsp3) is 0.375. The van der Waals surface area contributed by atoms with Gasteiger partial charge in [-0.15, -0.1) is 0 Å². The first kappa shape index (κ1) is 25.4. The zero-order valence-corrected chi connectivity index (χ0v) is 20.6. The van der Waals surface area contributed by atoms with Crippen LogP contribution in [0.15, 0.2) is 40.9 Å². The molecule has 32 heavy (non-hydrogen) atoms. The van der Waals surface area contributed by atoms with E-state index in [2.05, 4.69) is 32.1 Å². The van der Waals surface area contributed by atoms with Gasteiger partial charge in [-0.05, 0) is 66.3 Å². The molecule has 2 rings (SSSR count). The first-order valence-electron chi connectivity index (χ1n) is 10.5. The molecule has 0 aromatic heterocycles. The van der Waals surface area contributed by atoms with Gasteiger partial charge in [-0.25, -0.2) is 0 Å². The van der Waals surface area contributed by atoms with Crippen molar-refractivity contribution in [3.63, 3.8) is 0 Å². The molecule has 0 aliphatic heterocycles. The van der Waals surface area contributed by atoms with Crippen molar-refractivity contribution in [3.05, 3.63) is 57.6 Å². The molecule has 0 saturated heterocycles. The van der Waals surface area contributed by atoms with Crippen LogP contribution in [0.5, 0.6) is 5.75 Å². The Hall–Kier alpha value is -2.87. The zero-order valence-electron chi connectivity index (χ0n) is 19.0. The van der Waals surface area contributed by atoms with E-state index in [0.717, 1.165) is 15.6 Å². The Labute approximate surface area is 197 Å². The van der Waals surface area contributed by atoms with E-state index in [1.165, 1.54) is 0 Å². The van der Waals surface area contributed by atoms with E-state index in [-0.39, 0.29) is 24.3 Å². The predicted octanol–water partition coefficient (Wildman–Crippen LogP) is 4.71. The van der Waals surface area contributed by atoms with Crippen LogP contribution in [-0.2, 0) is 9.59 Å². The summed E-state index contributed by atoms with van der Waals surface area (Å²) in [5, 5.41) is 2.78. The molecule has 0 radical (unpaired) electrons. The van der Waals surface area contributed by atoms with E-state index in [0.29, 0.717) is 23.4 Å². The van der Waals surface area contributed by atoms with E-state index in [4.69, 9.17) is 4.74 Å². The lowest BCUT2D eigenvalue weighted by Gasteiger charge is -2.16. The van der Waals surface area contributed by atoms with Gasteiger partial charge in [0.2, 0.25) is 5.91 Å². The van der Waals surface area contributed by atoms with Crippen LogP contribution < -0.4 is 20.9 Å². The van der Waals surface area contributed by atoms with Gasteiger partial charge in [0.25, 0.3) is 11.8 Å². The maximum Gasteiger partial charge on any atom is 0.276 e. The highest BCUT2D eigenvalue weighted by atomic mass is 79.9. The van der Waals surface area contributed by atoms with Crippen LogP contribution in [0, 0.1) is 12.8 Å². The van der Waals surface area contributed by atoms with Gasteiger partial charge in [0, 0.05) is 22.1 Å². The molecule has 2 aromatic carbocycles. The maximum atomic E-state index is 12.3. The van der Waals surface area contributed by atoms with Crippen LogP contribution in [0.1, 0.15) is 61.5 Å². The van der Waals surface area contributed by atoms with Crippen LogP contribution in [0.4, 0.5) is 5.69 Å². The number of carbonyl (C=O) groups excluding carboxylic acids is 3. The Kier molecular flexibility index (Phi) is 9.26. The number of carbonyl (C=O) groups is 3. The summed E-state index contributed by atoms with van der Waals surface area (Å²) in [5.41, 5.74) is 7.66.